The largest absolute Gasteiger partial charge is 0.487 e. The molecule has 8 aromatic rings. The molecule has 1 aliphatic heterocycles. The van der Waals surface area contributed by atoms with Gasteiger partial charge < -0.3 is 87.9 Å². The number of hydrogen-bond acceptors (Lipinski definition) is 26. The molecular formula is C94H120F3N17O21. The van der Waals surface area contributed by atoms with Gasteiger partial charge in [-0.15, -0.1) is 0 Å². The lowest BCUT2D eigenvalue weighted by Gasteiger charge is -2.38. The lowest BCUT2D eigenvalue weighted by atomic mass is 9.87. The second-order valence-corrected chi connectivity index (χ2v) is 36.6. The van der Waals surface area contributed by atoms with Crippen molar-refractivity contribution in [2.45, 2.75) is 242 Å². The molecule has 728 valence electrons. The molecule has 5 N–H and O–H groups in total. The van der Waals surface area contributed by atoms with Gasteiger partial charge in [-0.3, -0.25) is 37.9 Å². The summed E-state index contributed by atoms with van der Waals surface area (Å²) in [5.41, 5.74) is 6.64. The molecule has 9 fully saturated rings. The summed E-state index contributed by atoms with van der Waals surface area (Å²) in [5.74, 6) is -5.73. The van der Waals surface area contributed by atoms with E-state index in [1.807, 2.05) is 17.0 Å². The lowest BCUT2D eigenvalue weighted by molar-refractivity contribution is -0.144. The van der Waals surface area contributed by atoms with Gasteiger partial charge in [-0.05, 0) is 221 Å². The van der Waals surface area contributed by atoms with E-state index in [4.69, 9.17) is 42.9 Å². The molecule has 0 spiro atoms. The van der Waals surface area contributed by atoms with Crippen molar-refractivity contribution in [1.29, 1.82) is 0 Å². The SMILES string of the molecule is CN(C(=O)OCc1c(-c2ccc(O[C@H]3CCC[C@H](C(=O)O)C3)c(F)n2)cnn1C)C1CC1.CN(C(=O)OCc1c(-c2ccc(O[C@H]3CCC[C@H](C(=O)O)C3)c(F)n2)cnn1C)C1CCC1.CN(C(=O)OCc1c(-c2ccc(O[C@H]3CCC[C@H](C(=O)O)C3)c(N3CC(O)C3)n2)cnn1C)C1CCC1.CN(CC1CC1)C(=O)OCc1c(-c2ccc(O[C@H]3CCC[C@H](C(=O)O)C3)c(F)n2)cnn1C. The Morgan fingerprint density at radius 2 is 0.637 bits per heavy atom. The van der Waals surface area contributed by atoms with Gasteiger partial charge >= 0.3 is 48.3 Å². The van der Waals surface area contributed by atoms with Gasteiger partial charge in [0.2, 0.25) is 0 Å². The fourth-order valence-electron chi connectivity index (χ4n) is 17.7. The minimum Gasteiger partial charge on any atom is -0.487 e. The molecule has 9 aliphatic rings. The average Bonchev–Trinajstić information content (AvgIpc) is 1.73. The molecule has 8 aliphatic carbocycles. The second-order valence-electron chi connectivity index (χ2n) is 36.6. The predicted octanol–water partition coefficient (Wildman–Crippen LogP) is 13.6. The van der Waals surface area contributed by atoms with Crippen LogP contribution in [-0.2, 0) is 92.7 Å². The molecular weight excluding hydrogens is 1760 g/mol. The number of carboxylic acids is 4. The minimum absolute atomic E-state index is 0.00576. The number of carboxylic acid groups (broad SMARTS) is 4. The number of aromatic nitrogens is 12. The van der Waals surface area contributed by atoms with Crippen molar-refractivity contribution in [1.82, 2.24) is 78.7 Å². The maximum Gasteiger partial charge on any atom is 0.410 e. The third-order valence-electron chi connectivity index (χ3n) is 26.9. The smallest absolute Gasteiger partial charge is 0.410 e. The van der Waals surface area contributed by atoms with Gasteiger partial charge in [0.05, 0.1) is 125 Å². The number of pyridine rings is 4. The molecule has 1 saturated heterocycles. The number of aliphatic hydroxyl groups is 1. The summed E-state index contributed by atoms with van der Waals surface area (Å²) >= 11 is 0. The summed E-state index contributed by atoms with van der Waals surface area (Å²) < 4.78 is 96.1. The van der Waals surface area contributed by atoms with E-state index < -0.39 is 89.8 Å². The number of anilines is 1. The number of amides is 4. The fraction of sp³-hybridized carbons (Fsp3) is 0.574. The summed E-state index contributed by atoms with van der Waals surface area (Å²) in [7, 11) is 13.9. The van der Waals surface area contributed by atoms with E-state index in [2.05, 4.69) is 35.3 Å². The highest BCUT2D eigenvalue weighted by Gasteiger charge is 2.39. The van der Waals surface area contributed by atoms with Crippen molar-refractivity contribution in [3.63, 3.8) is 0 Å². The normalized spacial score (nSPS) is 21.0. The first-order chi connectivity index (χ1) is 64.8. The topological polar surface area (TPSA) is 451 Å². The van der Waals surface area contributed by atoms with E-state index in [9.17, 15) is 77.1 Å². The third-order valence-corrected chi connectivity index (χ3v) is 26.9. The van der Waals surface area contributed by atoms with Crippen LogP contribution in [-0.4, -0.2) is 249 Å². The Hall–Kier alpha value is -12.8. The molecule has 41 heteroatoms. The molecule has 17 rings (SSSR count). The Bertz CT molecular complexity index is 5520. The number of aliphatic carboxylic acids is 4. The van der Waals surface area contributed by atoms with Crippen molar-refractivity contribution in [3.8, 4) is 68.0 Å². The van der Waals surface area contributed by atoms with Gasteiger partial charge in [0.15, 0.2) is 28.8 Å². The van der Waals surface area contributed by atoms with Crippen LogP contribution >= 0.6 is 0 Å². The van der Waals surface area contributed by atoms with Crippen molar-refractivity contribution in [2.75, 3.05) is 52.7 Å². The molecule has 0 unspecified atom stereocenters. The van der Waals surface area contributed by atoms with Crippen LogP contribution in [0, 0.1) is 47.4 Å². The van der Waals surface area contributed by atoms with E-state index in [0.29, 0.717) is 164 Å². The van der Waals surface area contributed by atoms with Crippen LogP contribution in [0.5, 0.6) is 23.0 Å². The molecule has 0 aromatic carbocycles. The maximum atomic E-state index is 14.8. The monoisotopic (exact) mass is 1880 g/mol. The summed E-state index contributed by atoms with van der Waals surface area (Å²) in [6.07, 6.45) is 23.4. The van der Waals surface area contributed by atoms with E-state index in [-0.39, 0.29) is 92.3 Å². The number of ether oxygens (including phenoxy) is 8. The molecule has 8 saturated carbocycles. The third kappa shape index (κ3) is 25.2. The summed E-state index contributed by atoms with van der Waals surface area (Å²) in [5, 5.41) is 64.0. The van der Waals surface area contributed by atoms with E-state index >= 15 is 0 Å². The van der Waals surface area contributed by atoms with Crippen LogP contribution in [0.15, 0.2) is 73.3 Å². The molecule has 8 atom stereocenters. The lowest BCUT2D eigenvalue weighted by Crippen LogP contribution is -2.51. The Morgan fingerprint density at radius 1 is 0.363 bits per heavy atom. The first-order valence-corrected chi connectivity index (χ1v) is 46.4. The average molecular weight is 1880 g/mol. The fourth-order valence-corrected chi connectivity index (χ4v) is 17.7. The summed E-state index contributed by atoms with van der Waals surface area (Å²) in [6.45, 7) is 1.60. The zero-order chi connectivity index (χ0) is 96.0. The zero-order valence-corrected chi connectivity index (χ0v) is 77.3. The van der Waals surface area contributed by atoms with E-state index in [1.165, 1.54) is 18.2 Å². The molecule has 0 radical (unpaired) electrons. The molecule has 0 bridgehead atoms. The first-order valence-electron chi connectivity index (χ1n) is 46.4. The highest BCUT2D eigenvalue weighted by molar-refractivity contribution is 5.75. The number of nitrogens with zero attached hydrogens (tertiary/aromatic N) is 17. The quantitative estimate of drug-likeness (QED) is 0.0206. The van der Waals surface area contributed by atoms with Gasteiger partial charge in [0.25, 0.3) is 17.8 Å². The second kappa shape index (κ2) is 44.5. The van der Waals surface area contributed by atoms with Gasteiger partial charge in [-0.2, -0.15) is 33.6 Å². The standard InChI is InChI=1S/C26H35N5O6.2C23H29FN4O5.C22H27FN4O5/c1-29(17-6-4-7-17)26(35)36-15-22-20(12-27-30(22)2)21-9-10-23(24(28-21)31-13-18(32)14-31)37-19-8-3-5-16(11-19)25(33)34;1-27(15-6-4-7-15)23(31)32-13-19-17(12-25-28(19)2)18-9-10-20(21(24)26-18)33-16-8-3-5-14(11-16)22(29)30;1-27(12-14-6-7-14)23(31)32-13-19-17(11-25-28(19)2)18-8-9-20(21(24)26-18)33-16-5-3-4-15(10-16)22(29)30;1-26(14-6-7-14)22(30)31-12-18-16(11-24-27(18)2)17-8-9-19(20(23)25-17)32-15-5-3-4-13(10-15)21(28)29/h9-10,12,16-19,32H,3-8,11,13-15H2,1-2H3,(H,33,34);9-10,12,14-16H,3-8,11,13H2,1-2H3,(H,29,30);8-9,11,14-16H,3-7,10,12-13H2,1-2H3,(H,29,30);8-9,11,13-15H,3-7,10,12H2,1-2H3,(H,28,29)/t16-,19-;14-,16-;15-,16-;13-,15-/m0000/s1. The number of carbonyl (C=O) groups is 8. The van der Waals surface area contributed by atoms with Crippen molar-refractivity contribution < 1.29 is 115 Å². The number of aryl methyl sites for hydroxylation is 4. The maximum absolute atomic E-state index is 14.8. The number of hydrogen-bond donors (Lipinski definition) is 5. The molecule has 4 amide bonds. The Balaban J connectivity index is 0.000000144. The van der Waals surface area contributed by atoms with Crippen molar-refractivity contribution in [2.24, 2.45) is 57.8 Å². The summed E-state index contributed by atoms with van der Waals surface area (Å²) in [6, 6.07) is 13.8. The molecule has 9 heterocycles. The molecule has 8 aromatic heterocycles. The Morgan fingerprint density at radius 3 is 0.904 bits per heavy atom. The highest BCUT2D eigenvalue weighted by Crippen LogP contribution is 2.41. The summed E-state index contributed by atoms with van der Waals surface area (Å²) in [4.78, 5) is 120. The Labute approximate surface area is 778 Å². The number of aliphatic hydroxyl groups excluding tert-OH is 1. The highest BCUT2D eigenvalue weighted by atomic mass is 19.1. The van der Waals surface area contributed by atoms with E-state index in [0.717, 1.165) is 108 Å². The van der Waals surface area contributed by atoms with Gasteiger partial charge in [0, 0.05) is 116 Å². The predicted molar refractivity (Wildman–Crippen MR) is 478 cm³/mol. The zero-order valence-electron chi connectivity index (χ0n) is 77.3. The van der Waals surface area contributed by atoms with Crippen LogP contribution in [0.1, 0.15) is 190 Å². The van der Waals surface area contributed by atoms with Crippen LogP contribution in [0.2, 0.25) is 0 Å². The Kier molecular flexibility index (Phi) is 32.4. The van der Waals surface area contributed by atoms with Crippen LogP contribution in [0.4, 0.5) is 38.2 Å². The molecule has 38 nitrogen and oxygen atoms in total. The van der Waals surface area contributed by atoms with E-state index in [1.54, 1.807) is 138 Å². The number of halogens is 3. The van der Waals surface area contributed by atoms with Gasteiger partial charge in [-0.25, -0.2) is 39.1 Å². The van der Waals surface area contributed by atoms with Gasteiger partial charge in [0.1, 0.15) is 26.4 Å². The first kappa shape index (κ1) is 98.2. The van der Waals surface area contributed by atoms with Crippen LogP contribution in [0.3, 0.4) is 0 Å². The minimum atomic E-state index is -0.847. The molecule has 135 heavy (non-hydrogen) atoms. The number of carbonyl (C=O) groups excluding carboxylic acids is 4. The van der Waals surface area contributed by atoms with Crippen molar-refractivity contribution in [3.05, 3.63) is 114 Å². The van der Waals surface area contributed by atoms with Crippen molar-refractivity contribution >= 4 is 54.1 Å². The number of rotatable bonds is 30. The van der Waals surface area contributed by atoms with Crippen LogP contribution in [0.25, 0.3) is 45.0 Å². The van der Waals surface area contributed by atoms with Gasteiger partial charge in [-0.1, -0.05) is 0 Å². The van der Waals surface area contributed by atoms with Crippen LogP contribution < -0.4 is 23.8 Å². The number of β-amino-alcohol motifs (C(OH)–C–C–N with tert-alkyl or cyclic N) is 1.